The van der Waals surface area contributed by atoms with Gasteiger partial charge in [0.1, 0.15) is 0 Å². The van der Waals surface area contributed by atoms with Gasteiger partial charge in [-0.15, -0.1) is 0 Å². The molecule has 0 aromatic rings. The number of aliphatic carboxylic acids is 2. The first-order valence-electron chi connectivity index (χ1n) is 5.94. The van der Waals surface area contributed by atoms with Crippen LogP contribution in [0.3, 0.4) is 0 Å². The van der Waals surface area contributed by atoms with Crippen LogP contribution in [-0.4, -0.2) is 11.9 Å². The van der Waals surface area contributed by atoms with Crippen molar-refractivity contribution in [3.05, 3.63) is 0 Å². The fourth-order valence-electron chi connectivity index (χ4n) is 1.04. The van der Waals surface area contributed by atoms with Crippen LogP contribution in [0, 0.1) is 0 Å². The van der Waals surface area contributed by atoms with Crippen molar-refractivity contribution >= 4 is 11.9 Å². The lowest BCUT2D eigenvalue weighted by atomic mass is 10.2. The zero-order valence-electron chi connectivity index (χ0n) is 12.3. The molecule has 0 saturated heterocycles. The molecule has 8 N–H and O–H groups in total. The second kappa shape index (κ2) is 21.2. The summed E-state index contributed by atoms with van der Waals surface area (Å²) in [5.41, 5.74) is 0. The number of carboxylic acids is 2. The maximum Gasteiger partial charge on any atom is 0.0414 e. The molecule has 6 nitrogen and oxygen atoms in total. The minimum atomic E-state index is -0.932. The minimum Gasteiger partial charge on any atom is -0.550 e. The first kappa shape index (κ1) is 25.6. The molecular weight excluding hydrogens is 236 g/mol. The smallest absolute Gasteiger partial charge is 0.0414 e. The second-order valence-electron chi connectivity index (χ2n) is 3.66. The summed E-state index contributed by atoms with van der Waals surface area (Å²) in [6.07, 6.45) is 6.07. The molecule has 0 radical (unpaired) electrons. The first-order valence-corrected chi connectivity index (χ1v) is 5.94. The number of hydrogen-bond acceptors (Lipinski definition) is 4. The molecular formula is C12H30N2O4. The maximum atomic E-state index is 9.76. The topological polar surface area (TPSA) is 153 Å². The van der Waals surface area contributed by atoms with Crippen LogP contribution in [0.5, 0.6) is 0 Å². The molecule has 0 heterocycles. The summed E-state index contributed by atoms with van der Waals surface area (Å²) in [5.74, 6) is -1.86. The molecule has 0 bridgehead atoms. The van der Waals surface area contributed by atoms with Crippen LogP contribution in [-0.2, 0) is 9.59 Å². The summed E-state index contributed by atoms with van der Waals surface area (Å²) in [7, 11) is 0. The van der Waals surface area contributed by atoms with Gasteiger partial charge < -0.3 is 32.1 Å². The van der Waals surface area contributed by atoms with E-state index in [2.05, 4.69) is 0 Å². The second-order valence-corrected chi connectivity index (χ2v) is 3.66. The standard InChI is InChI=1S/2C6H12O2.2H3N/c2*1-2-3-4-5-6(7)8;;/h2*2-5H2,1H3,(H,7,8);2*1H3. The summed E-state index contributed by atoms with van der Waals surface area (Å²) in [6.45, 7) is 4.07. The van der Waals surface area contributed by atoms with Gasteiger partial charge in [0.05, 0.1) is 0 Å². The first-order chi connectivity index (χ1) is 7.54. The molecule has 0 saturated carbocycles. The quantitative estimate of drug-likeness (QED) is 0.637. The average Bonchev–Trinajstić information content (AvgIpc) is 2.18. The van der Waals surface area contributed by atoms with E-state index in [0.717, 1.165) is 38.5 Å². The fraction of sp³-hybridized carbons (Fsp3) is 0.833. The van der Waals surface area contributed by atoms with Gasteiger partial charge >= 0.3 is 0 Å². The van der Waals surface area contributed by atoms with E-state index in [1.165, 1.54) is 0 Å². The van der Waals surface area contributed by atoms with Gasteiger partial charge in [-0.1, -0.05) is 39.5 Å². The third-order valence-electron chi connectivity index (χ3n) is 1.97. The maximum absolute atomic E-state index is 9.76. The Hall–Kier alpha value is -1.14. The molecule has 18 heavy (non-hydrogen) atoms. The minimum absolute atomic E-state index is 0. The van der Waals surface area contributed by atoms with E-state index >= 15 is 0 Å². The van der Waals surface area contributed by atoms with Crippen molar-refractivity contribution in [2.24, 2.45) is 0 Å². The van der Waals surface area contributed by atoms with E-state index < -0.39 is 11.9 Å². The number of hydrogen-bond donors (Lipinski definition) is 2. The molecule has 0 aliphatic carbocycles. The normalized spacial score (nSPS) is 8.11. The van der Waals surface area contributed by atoms with Gasteiger partial charge in [-0.25, -0.2) is 0 Å². The highest BCUT2D eigenvalue weighted by atomic mass is 16.4. The zero-order valence-corrected chi connectivity index (χ0v) is 12.3. The Balaban J connectivity index is -0.0000000980. The summed E-state index contributed by atoms with van der Waals surface area (Å²) < 4.78 is 0. The SMILES string of the molecule is CCCCCC(=O)[O-].CCCCCC(=O)[O-].[NH4+].[NH4+]. The lowest BCUT2D eigenvalue weighted by Gasteiger charge is -1.97. The highest BCUT2D eigenvalue weighted by Crippen LogP contribution is 1.96. The van der Waals surface area contributed by atoms with Gasteiger partial charge in [-0.3, -0.25) is 0 Å². The average molecular weight is 266 g/mol. The number of rotatable bonds is 8. The summed E-state index contributed by atoms with van der Waals surface area (Å²) in [6, 6.07) is 0. The van der Waals surface area contributed by atoms with E-state index in [-0.39, 0.29) is 25.1 Å². The van der Waals surface area contributed by atoms with Crippen molar-refractivity contribution < 1.29 is 19.8 Å². The molecule has 0 rings (SSSR count). The van der Waals surface area contributed by atoms with Crippen LogP contribution >= 0.6 is 0 Å². The Bertz CT molecular complexity index is 167. The lowest BCUT2D eigenvalue weighted by Crippen LogP contribution is -2.21. The van der Waals surface area contributed by atoms with Crippen LogP contribution in [0.15, 0.2) is 0 Å². The summed E-state index contributed by atoms with van der Waals surface area (Å²) in [4.78, 5) is 19.5. The van der Waals surface area contributed by atoms with Gasteiger partial charge in [0.25, 0.3) is 0 Å². The highest BCUT2D eigenvalue weighted by molar-refractivity contribution is 5.64. The predicted molar refractivity (Wildman–Crippen MR) is 70.3 cm³/mol. The van der Waals surface area contributed by atoms with Crippen molar-refractivity contribution in [3.63, 3.8) is 0 Å². The van der Waals surface area contributed by atoms with E-state index in [1.807, 2.05) is 13.8 Å². The number of unbranched alkanes of at least 4 members (excludes halogenated alkanes) is 4. The number of carboxylic acid groups (broad SMARTS) is 2. The van der Waals surface area contributed by atoms with E-state index in [1.54, 1.807) is 0 Å². The van der Waals surface area contributed by atoms with Crippen molar-refractivity contribution in [2.45, 2.75) is 65.2 Å². The molecule has 0 aromatic carbocycles. The number of carbonyl (C=O) groups is 2. The van der Waals surface area contributed by atoms with Gasteiger partial charge in [-0.05, 0) is 25.7 Å². The van der Waals surface area contributed by atoms with Crippen molar-refractivity contribution in [2.75, 3.05) is 0 Å². The number of carbonyl (C=O) groups excluding carboxylic acids is 2. The molecule has 0 spiro atoms. The summed E-state index contributed by atoms with van der Waals surface area (Å²) in [5, 5.41) is 19.5. The molecule has 0 atom stereocenters. The van der Waals surface area contributed by atoms with Crippen LogP contribution < -0.4 is 22.5 Å². The monoisotopic (exact) mass is 266 g/mol. The van der Waals surface area contributed by atoms with Crippen LogP contribution in [0.1, 0.15) is 65.2 Å². The van der Waals surface area contributed by atoms with Crippen LogP contribution in [0.4, 0.5) is 0 Å². The highest BCUT2D eigenvalue weighted by Gasteiger charge is 1.84. The molecule has 0 unspecified atom stereocenters. The third kappa shape index (κ3) is 36.4. The zero-order chi connectivity index (χ0) is 12.8. The Morgan fingerprint density at radius 3 is 1.17 bits per heavy atom. The predicted octanol–water partition coefficient (Wildman–Crippen LogP) is 1.39. The van der Waals surface area contributed by atoms with Crippen LogP contribution in [0.2, 0.25) is 0 Å². The molecule has 0 aromatic heterocycles. The van der Waals surface area contributed by atoms with E-state index in [9.17, 15) is 19.8 Å². The van der Waals surface area contributed by atoms with Gasteiger partial charge in [0.15, 0.2) is 0 Å². The van der Waals surface area contributed by atoms with Crippen LogP contribution in [0.25, 0.3) is 0 Å². The van der Waals surface area contributed by atoms with Crippen molar-refractivity contribution in [1.82, 2.24) is 12.3 Å². The Morgan fingerprint density at radius 1 is 0.722 bits per heavy atom. The summed E-state index contributed by atoms with van der Waals surface area (Å²) >= 11 is 0. The van der Waals surface area contributed by atoms with Crippen molar-refractivity contribution in [3.8, 4) is 0 Å². The Kier molecular flexibility index (Phi) is 30.2. The molecule has 0 amide bonds. The van der Waals surface area contributed by atoms with Gasteiger partial charge in [-0.2, -0.15) is 0 Å². The van der Waals surface area contributed by atoms with Gasteiger partial charge in [0, 0.05) is 11.9 Å². The number of quaternary nitrogens is 2. The van der Waals surface area contributed by atoms with Crippen molar-refractivity contribution in [1.29, 1.82) is 0 Å². The molecule has 0 aliphatic heterocycles. The Labute approximate surface area is 110 Å². The molecule has 112 valence electrons. The third-order valence-corrected chi connectivity index (χ3v) is 1.97. The van der Waals surface area contributed by atoms with Gasteiger partial charge in [0.2, 0.25) is 0 Å². The largest absolute Gasteiger partial charge is 0.550 e. The lowest BCUT2D eigenvalue weighted by molar-refractivity contribution is -0.307. The molecule has 0 fully saturated rings. The molecule has 6 heteroatoms. The fourth-order valence-corrected chi connectivity index (χ4v) is 1.04. The molecule has 0 aliphatic rings. The van der Waals surface area contributed by atoms with E-state index in [4.69, 9.17) is 0 Å². The van der Waals surface area contributed by atoms with E-state index in [0.29, 0.717) is 0 Å². The Morgan fingerprint density at radius 2 is 1.00 bits per heavy atom.